The third kappa shape index (κ3) is 3.62. The first-order valence-corrected chi connectivity index (χ1v) is 7.66. The number of likely N-dealkylation sites (N-methyl/N-ethyl adjacent to an activating group) is 1. The summed E-state index contributed by atoms with van der Waals surface area (Å²) in [6.45, 7) is 2.44. The molecule has 1 amide bonds. The molecule has 0 heterocycles. The minimum Gasteiger partial charge on any atom is -0.350 e. The van der Waals surface area contributed by atoms with Crippen molar-refractivity contribution >= 4 is 5.91 Å². The Balaban J connectivity index is 2.07. The zero-order valence-electron chi connectivity index (χ0n) is 13.2. The van der Waals surface area contributed by atoms with Gasteiger partial charge in [0.25, 0.3) is 5.91 Å². The standard InChI is InChI=1S/C17H25FN2O/c1-13-7-8-15(18)14(11-13)16(21)19-12-17(20(2)3)9-5-4-6-10-17/h7-8,11H,4-6,9-10,12H2,1-3H3,(H,19,21). The number of aryl methyl sites for hydroxylation is 1. The Labute approximate surface area is 126 Å². The van der Waals surface area contributed by atoms with Gasteiger partial charge in [0, 0.05) is 12.1 Å². The van der Waals surface area contributed by atoms with Crippen LogP contribution in [0.15, 0.2) is 18.2 Å². The Morgan fingerprint density at radius 1 is 1.29 bits per heavy atom. The van der Waals surface area contributed by atoms with Crippen LogP contribution in [-0.2, 0) is 0 Å². The molecule has 21 heavy (non-hydrogen) atoms. The molecule has 0 atom stereocenters. The summed E-state index contributed by atoms with van der Waals surface area (Å²) in [7, 11) is 4.12. The molecule has 0 spiro atoms. The molecule has 1 aliphatic carbocycles. The molecule has 0 bridgehead atoms. The number of hydrogen-bond acceptors (Lipinski definition) is 2. The first kappa shape index (κ1) is 16.0. The predicted octanol–water partition coefficient (Wildman–Crippen LogP) is 3.13. The first-order chi connectivity index (χ1) is 9.94. The van der Waals surface area contributed by atoms with Crippen LogP contribution in [0.25, 0.3) is 0 Å². The summed E-state index contributed by atoms with van der Waals surface area (Å²) in [5.74, 6) is -0.774. The van der Waals surface area contributed by atoms with Gasteiger partial charge in [-0.05, 0) is 46.0 Å². The lowest BCUT2D eigenvalue weighted by atomic mass is 9.80. The van der Waals surface area contributed by atoms with Gasteiger partial charge in [-0.3, -0.25) is 4.79 Å². The van der Waals surface area contributed by atoms with Crippen LogP contribution in [0.4, 0.5) is 4.39 Å². The number of amides is 1. The number of halogens is 1. The van der Waals surface area contributed by atoms with Crippen molar-refractivity contribution in [2.24, 2.45) is 0 Å². The maximum absolute atomic E-state index is 13.8. The Morgan fingerprint density at radius 2 is 1.95 bits per heavy atom. The molecule has 1 N–H and O–H groups in total. The maximum atomic E-state index is 13.8. The molecule has 0 radical (unpaired) electrons. The molecular formula is C17H25FN2O. The predicted molar refractivity (Wildman–Crippen MR) is 83.0 cm³/mol. The molecule has 1 fully saturated rings. The van der Waals surface area contributed by atoms with Crippen molar-refractivity contribution in [1.29, 1.82) is 0 Å². The summed E-state index contributed by atoms with van der Waals surface area (Å²) in [5.41, 5.74) is 1.04. The Morgan fingerprint density at radius 3 is 2.57 bits per heavy atom. The van der Waals surface area contributed by atoms with E-state index in [2.05, 4.69) is 24.3 Å². The lowest BCUT2D eigenvalue weighted by molar-refractivity contribution is 0.0796. The van der Waals surface area contributed by atoms with E-state index < -0.39 is 5.82 Å². The number of benzene rings is 1. The molecule has 1 saturated carbocycles. The highest BCUT2D eigenvalue weighted by molar-refractivity contribution is 5.94. The molecule has 0 saturated heterocycles. The molecule has 0 unspecified atom stereocenters. The summed E-state index contributed by atoms with van der Waals surface area (Å²) in [4.78, 5) is 14.5. The topological polar surface area (TPSA) is 32.3 Å². The lowest BCUT2D eigenvalue weighted by Crippen LogP contribution is -2.53. The number of rotatable bonds is 4. The van der Waals surface area contributed by atoms with Crippen LogP contribution >= 0.6 is 0 Å². The molecule has 1 aliphatic rings. The average molecular weight is 292 g/mol. The van der Waals surface area contributed by atoms with Crippen LogP contribution in [0.2, 0.25) is 0 Å². The van der Waals surface area contributed by atoms with Crippen molar-refractivity contribution in [2.75, 3.05) is 20.6 Å². The van der Waals surface area contributed by atoms with Crippen molar-refractivity contribution in [3.05, 3.63) is 35.1 Å². The first-order valence-electron chi connectivity index (χ1n) is 7.66. The maximum Gasteiger partial charge on any atom is 0.254 e. The normalized spacial score (nSPS) is 17.8. The van der Waals surface area contributed by atoms with E-state index in [1.165, 1.54) is 25.3 Å². The molecule has 4 heteroatoms. The van der Waals surface area contributed by atoms with Gasteiger partial charge < -0.3 is 10.2 Å². The van der Waals surface area contributed by atoms with Gasteiger partial charge >= 0.3 is 0 Å². The molecule has 1 aromatic carbocycles. The monoisotopic (exact) mass is 292 g/mol. The lowest BCUT2D eigenvalue weighted by Gasteiger charge is -2.43. The van der Waals surface area contributed by atoms with E-state index in [0.717, 1.165) is 18.4 Å². The Bertz CT molecular complexity index is 508. The molecule has 1 aromatic rings. The second-order valence-electron chi connectivity index (χ2n) is 6.35. The number of carbonyl (C=O) groups excluding carboxylic acids is 1. The third-order valence-corrected chi connectivity index (χ3v) is 4.68. The molecule has 2 rings (SSSR count). The highest BCUT2D eigenvalue weighted by Crippen LogP contribution is 2.31. The molecule has 0 aliphatic heterocycles. The second kappa shape index (κ2) is 6.56. The van der Waals surface area contributed by atoms with Gasteiger partial charge in [0.05, 0.1) is 5.56 Å². The number of nitrogens with zero attached hydrogens (tertiary/aromatic N) is 1. The van der Waals surface area contributed by atoms with Crippen LogP contribution in [0.3, 0.4) is 0 Å². The Hall–Kier alpha value is -1.42. The number of hydrogen-bond donors (Lipinski definition) is 1. The fourth-order valence-corrected chi connectivity index (χ4v) is 3.15. The molecule has 0 aromatic heterocycles. The third-order valence-electron chi connectivity index (χ3n) is 4.68. The van der Waals surface area contributed by atoms with E-state index in [0.29, 0.717) is 6.54 Å². The second-order valence-corrected chi connectivity index (χ2v) is 6.35. The summed E-state index contributed by atoms with van der Waals surface area (Å²) < 4.78 is 13.8. The average Bonchev–Trinajstić information content (AvgIpc) is 2.48. The Kier molecular flexibility index (Phi) is 4.99. The van der Waals surface area contributed by atoms with E-state index in [4.69, 9.17) is 0 Å². The van der Waals surface area contributed by atoms with Crippen molar-refractivity contribution in [1.82, 2.24) is 10.2 Å². The van der Waals surface area contributed by atoms with E-state index in [1.807, 2.05) is 6.92 Å². The van der Waals surface area contributed by atoms with Crippen molar-refractivity contribution in [3.8, 4) is 0 Å². The van der Waals surface area contributed by atoms with Crippen LogP contribution in [-0.4, -0.2) is 37.0 Å². The van der Waals surface area contributed by atoms with Gasteiger partial charge in [-0.25, -0.2) is 4.39 Å². The summed E-state index contributed by atoms with van der Waals surface area (Å²) >= 11 is 0. The van der Waals surface area contributed by atoms with E-state index in [1.54, 1.807) is 12.1 Å². The molecule has 3 nitrogen and oxygen atoms in total. The molecule has 116 valence electrons. The highest BCUT2D eigenvalue weighted by Gasteiger charge is 2.34. The number of nitrogens with one attached hydrogen (secondary N) is 1. The van der Waals surface area contributed by atoms with Crippen molar-refractivity contribution < 1.29 is 9.18 Å². The van der Waals surface area contributed by atoms with E-state index in [-0.39, 0.29) is 17.0 Å². The van der Waals surface area contributed by atoms with Gasteiger partial charge in [-0.15, -0.1) is 0 Å². The largest absolute Gasteiger partial charge is 0.350 e. The zero-order valence-corrected chi connectivity index (χ0v) is 13.2. The van der Waals surface area contributed by atoms with Gasteiger partial charge in [0.1, 0.15) is 5.82 Å². The van der Waals surface area contributed by atoms with Crippen LogP contribution in [0.5, 0.6) is 0 Å². The zero-order chi connectivity index (χ0) is 15.5. The fraction of sp³-hybridized carbons (Fsp3) is 0.588. The smallest absolute Gasteiger partial charge is 0.254 e. The van der Waals surface area contributed by atoms with Crippen LogP contribution in [0.1, 0.15) is 48.0 Å². The summed E-state index contributed by atoms with van der Waals surface area (Å²) in [5, 5.41) is 2.94. The van der Waals surface area contributed by atoms with E-state index >= 15 is 0 Å². The van der Waals surface area contributed by atoms with Crippen LogP contribution in [0, 0.1) is 12.7 Å². The van der Waals surface area contributed by atoms with Gasteiger partial charge in [0.2, 0.25) is 0 Å². The minimum absolute atomic E-state index is 0.00815. The summed E-state index contributed by atoms with van der Waals surface area (Å²) in [6.07, 6.45) is 5.79. The van der Waals surface area contributed by atoms with Gasteiger partial charge in [0.15, 0.2) is 0 Å². The fourth-order valence-electron chi connectivity index (χ4n) is 3.15. The number of carbonyl (C=O) groups is 1. The summed E-state index contributed by atoms with van der Waals surface area (Å²) in [6, 6.07) is 4.63. The quantitative estimate of drug-likeness (QED) is 0.924. The highest BCUT2D eigenvalue weighted by atomic mass is 19.1. The van der Waals surface area contributed by atoms with Crippen LogP contribution < -0.4 is 5.32 Å². The minimum atomic E-state index is -0.458. The SMILES string of the molecule is Cc1ccc(F)c(C(=O)NCC2(N(C)C)CCCCC2)c1. The molecular weight excluding hydrogens is 267 g/mol. The van der Waals surface area contributed by atoms with Gasteiger partial charge in [-0.1, -0.05) is 30.9 Å². The van der Waals surface area contributed by atoms with E-state index in [9.17, 15) is 9.18 Å². The van der Waals surface area contributed by atoms with Crippen molar-refractivity contribution in [2.45, 2.75) is 44.6 Å². The van der Waals surface area contributed by atoms with Gasteiger partial charge in [-0.2, -0.15) is 0 Å². The van der Waals surface area contributed by atoms with Crippen molar-refractivity contribution in [3.63, 3.8) is 0 Å².